The van der Waals surface area contributed by atoms with E-state index in [1.54, 1.807) is 5.01 Å². The van der Waals surface area contributed by atoms with E-state index < -0.39 is 11.5 Å². The monoisotopic (exact) mass is 225 g/mol. The number of carboxylic acids is 1. The second-order valence-corrected chi connectivity index (χ2v) is 4.57. The van der Waals surface area contributed by atoms with E-state index in [0.717, 1.165) is 19.3 Å². The van der Waals surface area contributed by atoms with Crippen LogP contribution in [0.25, 0.3) is 0 Å². The van der Waals surface area contributed by atoms with Crippen molar-refractivity contribution in [2.24, 2.45) is 17.5 Å². The second kappa shape index (κ2) is 5.66. The van der Waals surface area contributed by atoms with Crippen LogP contribution in [0.2, 0.25) is 6.32 Å². The predicted molar refractivity (Wildman–Crippen MR) is 62.8 cm³/mol. The maximum atomic E-state index is 11.3. The summed E-state index contributed by atoms with van der Waals surface area (Å²) in [7, 11) is 5.39. The summed E-state index contributed by atoms with van der Waals surface area (Å²) in [5, 5.41) is 10.9. The molecule has 0 bridgehead atoms. The van der Waals surface area contributed by atoms with Gasteiger partial charge in [0.2, 0.25) is 0 Å². The Morgan fingerprint density at radius 1 is 1.56 bits per heavy atom. The normalized spacial score (nSPS) is 25.5. The first-order valence-corrected chi connectivity index (χ1v) is 5.72. The van der Waals surface area contributed by atoms with Gasteiger partial charge in [-0.2, -0.15) is 0 Å². The van der Waals surface area contributed by atoms with E-state index in [0.29, 0.717) is 25.8 Å². The fraction of sp³-hybridized carbons (Fsp3) is 0.900. The SMILES string of the molecule is [B]CCCCC(N)(C(=O)O)[C@@H]1CCN(N)C1. The van der Waals surface area contributed by atoms with Crippen LogP contribution in [-0.4, -0.2) is 42.6 Å². The molecule has 0 aromatic rings. The van der Waals surface area contributed by atoms with Crippen LogP contribution in [0.15, 0.2) is 0 Å². The third kappa shape index (κ3) is 2.96. The van der Waals surface area contributed by atoms with E-state index in [4.69, 9.17) is 19.4 Å². The van der Waals surface area contributed by atoms with Gasteiger partial charge in [0.25, 0.3) is 0 Å². The number of hydrogen-bond acceptors (Lipinski definition) is 4. The average Bonchev–Trinajstić information content (AvgIpc) is 2.65. The molecule has 1 unspecified atom stereocenters. The van der Waals surface area contributed by atoms with Crippen molar-refractivity contribution in [2.45, 2.75) is 37.5 Å². The molecule has 0 aliphatic carbocycles. The van der Waals surface area contributed by atoms with Crippen LogP contribution < -0.4 is 11.6 Å². The molecule has 16 heavy (non-hydrogen) atoms. The van der Waals surface area contributed by atoms with Crippen LogP contribution in [0, 0.1) is 5.92 Å². The Labute approximate surface area is 97.5 Å². The highest BCUT2D eigenvalue weighted by Crippen LogP contribution is 2.29. The zero-order valence-corrected chi connectivity index (χ0v) is 9.56. The van der Waals surface area contributed by atoms with Gasteiger partial charge in [-0.25, -0.2) is 5.01 Å². The molecule has 90 valence electrons. The van der Waals surface area contributed by atoms with E-state index in [1.807, 2.05) is 0 Å². The Morgan fingerprint density at radius 2 is 2.25 bits per heavy atom. The van der Waals surface area contributed by atoms with Crippen molar-refractivity contribution in [2.75, 3.05) is 13.1 Å². The first kappa shape index (κ1) is 13.5. The zero-order valence-electron chi connectivity index (χ0n) is 9.56. The molecule has 2 radical (unpaired) electrons. The third-order valence-electron chi connectivity index (χ3n) is 3.39. The van der Waals surface area contributed by atoms with E-state index in [-0.39, 0.29) is 5.92 Å². The van der Waals surface area contributed by atoms with Gasteiger partial charge in [-0.1, -0.05) is 19.2 Å². The molecule has 1 aliphatic heterocycles. The van der Waals surface area contributed by atoms with Crippen LogP contribution in [0.5, 0.6) is 0 Å². The number of hydrogen-bond donors (Lipinski definition) is 3. The lowest BCUT2D eigenvalue weighted by Crippen LogP contribution is -2.55. The molecule has 0 aromatic heterocycles. The largest absolute Gasteiger partial charge is 0.480 e. The van der Waals surface area contributed by atoms with Crippen LogP contribution >= 0.6 is 0 Å². The number of aliphatic carboxylic acids is 1. The number of rotatable bonds is 6. The molecule has 5 N–H and O–H groups in total. The van der Waals surface area contributed by atoms with E-state index in [2.05, 4.69) is 0 Å². The van der Waals surface area contributed by atoms with E-state index >= 15 is 0 Å². The summed E-state index contributed by atoms with van der Waals surface area (Å²) < 4.78 is 0. The summed E-state index contributed by atoms with van der Waals surface area (Å²) in [6, 6.07) is 0. The van der Waals surface area contributed by atoms with Gasteiger partial charge in [0.05, 0.1) is 7.85 Å². The van der Waals surface area contributed by atoms with Gasteiger partial charge in [0, 0.05) is 19.0 Å². The minimum Gasteiger partial charge on any atom is -0.480 e. The Morgan fingerprint density at radius 3 is 2.69 bits per heavy atom. The maximum absolute atomic E-state index is 11.3. The van der Waals surface area contributed by atoms with Crippen molar-refractivity contribution in [3.05, 3.63) is 0 Å². The van der Waals surface area contributed by atoms with Crippen molar-refractivity contribution in [3.8, 4) is 0 Å². The first-order chi connectivity index (χ1) is 7.50. The zero-order chi connectivity index (χ0) is 12.2. The Balaban J connectivity index is 2.60. The maximum Gasteiger partial charge on any atom is 0.324 e. The molecule has 1 rings (SSSR count). The van der Waals surface area contributed by atoms with Gasteiger partial charge in [-0.3, -0.25) is 10.6 Å². The molecule has 0 saturated carbocycles. The van der Waals surface area contributed by atoms with Crippen molar-refractivity contribution in [3.63, 3.8) is 0 Å². The summed E-state index contributed by atoms with van der Waals surface area (Å²) in [4.78, 5) is 11.3. The Kier molecular flexibility index (Phi) is 4.77. The molecule has 0 amide bonds. The van der Waals surface area contributed by atoms with Gasteiger partial charge >= 0.3 is 5.97 Å². The highest BCUT2D eigenvalue weighted by molar-refractivity contribution is 6.08. The molecule has 0 spiro atoms. The van der Waals surface area contributed by atoms with Crippen LogP contribution in [0.3, 0.4) is 0 Å². The molecule has 6 heteroatoms. The number of carbonyl (C=O) groups is 1. The van der Waals surface area contributed by atoms with Crippen LogP contribution in [-0.2, 0) is 4.79 Å². The van der Waals surface area contributed by atoms with Gasteiger partial charge in [0.15, 0.2) is 0 Å². The van der Waals surface area contributed by atoms with E-state index in [1.165, 1.54) is 0 Å². The standard InChI is InChI=1S/C10H20BN3O2/c11-5-2-1-4-10(12,9(15)16)8-3-6-14(13)7-8/h8H,1-7,12-13H2,(H,15,16)/t8-,10?/m1/s1. The fourth-order valence-electron chi connectivity index (χ4n) is 2.26. The molecule has 1 saturated heterocycles. The number of nitrogens with zero attached hydrogens (tertiary/aromatic N) is 1. The summed E-state index contributed by atoms with van der Waals surface area (Å²) in [6.45, 7) is 1.28. The van der Waals surface area contributed by atoms with Crippen molar-refractivity contribution < 1.29 is 9.90 Å². The molecule has 0 aromatic carbocycles. The van der Waals surface area contributed by atoms with Gasteiger partial charge in [-0.15, -0.1) is 0 Å². The fourth-order valence-corrected chi connectivity index (χ4v) is 2.26. The highest BCUT2D eigenvalue weighted by atomic mass is 16.4. The third-order valence-corrected chi connectivity index (χ3v) is 3.39. The Bertz CT molecular complexity index is 252. The topological polar surface area (TPSA) is 92.6 Å². The van der Waals surface area contributed by atoms with Crippen LogP contribution in [0.1, 0.15) is 25.7 Å². The second-order valence-electron chi connectivity index (χ2n) is 4.57. The average molecular weight is 225 g/mol. The van der Waals surface area contributed by atoms with Gasteiger partial charge in [-0.05, 0) is 12.8 Å². The number of hydrazine groups is 1. The highest BCUT2D eigenvalue weighted by Gasteiger charge is 2.44. The molecular weight excluding hydrogens is 205 g/mol. The summed E-state index contributed by atoms with van der Waals surface area (Å²) in [6.07, 6.45) is 3.36. The van der Waals surface area contributed by atoms with Crippen molar-refractivity contribution in [1.29, 1.82) is 0 Å². The predicted octanol–water partition coefficient (Wildman–Crippen LogP) is -0.279. The van der Waals surface area contributed by atoms with E-state index in [9.17, 15) is 9.90 Å². The minimum absolute atomic E-state index is 0.0622. The molecule has 1 fully saturated rings. The van der Waals surface area contributed by atoms with Crippen LogP contribution in [0.4, 0.5) is 0 Å². The number of carboxylic acid groups (broad SMARTS) is 1. The first-order valence-electron chi connectivity index (χ1n) is 5.72. The summed E-state index contributed by atoms with van der Waals surface area (Å²) >= 11 is 0. The van der Waals surface area contributed by atoms with Crippen molar-refractivity contribution in [1.82, 2.24) is 5.01 Å². The summed E-state index contributed by atoms with van der Waals surface area (Å²) in [5.41, 5.74) is 4.88. The Hall–Kier alpha value is -0.585. The molecule has 5 nitrogen and oxygen atoms in total. The minimum atomic E-state index is -1.15. The number of unbranched alkanes of at least 4 members (excludes halogenated alkanes) is 1. The smallest absolute Gasteiger partial charge is 0.324 e. The molecule has 2 atom stereocenters. The number of nitrogens with two attached hydrogens (primary N) is 2. The molecular formula is C10H20BN3O2. The van der Waals surface area contributed by atoms with Gasteiger partial charge < -0.3 is 10.8 Å². The lowest BCUT2D eigenvalue weighted by Gasteiger charge is -2.31. The van der Waals surface area contributed by atoms with Crippen molar-refractivity contribution >= 4 is 13.8 Å². The quantitative estimate of drug-likeness (QED) is 0.328. The summed E-state index contributed by atoms with van der Waals surface area (Å²) in [5.74, 6) is 4.65. The lowest BCUT2D eigenvalue weighted by atomic mass is 9.79. The van der Waals surface area contributed by atoms with Gasteiger partial charge in [0.1, 0.15) is 5.54 Å². The molecule has 1 aliphatic rings. The molecule has 1 heterocycles. The lowest BCUT2D eigenvalue weighted by molar-refractivity contribution is -0.145.